The van der Waals surface area contributed by atoms with Crippen molar-refractivity contribution in [3.05, 3.63) is 0 Å². The molecule has 19 heavy (non-hydrogen) atoms. The minimum atomic E-state index is -0.430. The molecule has 1 fully saturated rings. The Balaban J connectivity index is 1.98. The topological polar surface area (TPSA) is 50.7 Å². The van der Waals surface area contributed by atoms with E-state index in [0.29, 0.717) is 25.8 Å². The Kier molecular flexibility index (Phi) is 8.62. The molecule has 4 unspecified atom stereocenters. The summed E-state index contributed by atoms with van der Waals surface area (Å²) in [6.45, 7) is 9.10. The van der Waals surface area contributed by atoms with Crippen LogP contribution < -0.4 is 5.32 Å². The zero-order valence-corrected chi connectivity index (χ0v) is 12.7. The van der Waals surface area contributed by atoms with Crippen molar-refractivity contribution in [2.45, 2.75) is 64.7 Å². The molecule has 2 N–H and O–H groups in total. The average molecular weight is 273 g/mol. The SMILES string of the molecule is CCC(C)CC(C)NCC(O)COCC1CCCO1. The number of aliphatic hydroxyl groups is 1. The summed E-state index contributed by atoms with van der Waals surface area (Å²) in [6, 6.07) is 0.447. The number of ether oxygens (including phenoxy) is 2. The third-order valence-electron chi connectivity index (χ3n) is 3.79. The van der Waals surface area contributed by atoms with Crippen molar-refractivity contribution in [3.8, 4) is 0 Å². The van der Waals surface area contributed by atoms with Gasteiger partial charge in [-0.3, -0.25) is 0 Å². The Labute approximate surface area is 117 Å². The smallest absolute Gasteiger partial charge is 0.0897 e. The van der Waals surface area contributed by atoms with Gasteiger partial charge in [-0.15, -0.1) is 0 Å². The molecule has 1 saturated heterocycles. The molecule has 0 saturated carbocycles. The molecule has 1 rings (SSSR count). The van der Waals surface area contributed by atoms with Crippen LogP contribution >= 0.6 is 0 Å². The summed E-state index contributed by atoms with van der Waals surface area (Å²) >= 11 is 0. The van der Waals surface area contributed by atoms with Crippen LogP contribution in [0.2, 0.25) is 0 Å². The molecular weight excluding hydrogens is 242 g/mol. The molecule has 0 aliphatic carbocycles. The zero-order chi connectivity index (χ0) is 14.1. The Morgan fingerprint density at radius 1 is 1.42 bits per heavy atom. The molecule has 0 spiro atoms. The van der Waals surface area contributed by atoms with Crippen LogP contribution in [0.15, 0.2) is 0 Å². The first kappa shape index (κ1) is 16.9. The zero-order valence-electron chi connectivity index (χ0n) is 12.7. The van der Waals surface area contributed by atoms with Gasteiger partial charge in [-0.2, -0.15) is 0 Å². The molecule has 4 atom stereocenters. The lowest BCUT2D eigenvalue weighted by Gasteiger charge is -2.20. The summed E-state index contributed by atoms with van der Waals surface area (Å²) in [5, 5.41) is 13.2. The van der Waals surface area contributed by atoms with Gasteiger partial charge in [0.15, 0.2) is 0 Å². The van der Waals surface area contributed by atoms with E-state index in [2.05, 4.69) is 26.1 Å². The van der Waals surface area contributed by atoms with E-state index >= 15 is 0 Å². The van der Waals surface area contributed by atoms with E-state index in [9.17, 15) is 5.11 Å². The lowest BCUT2D eigenvalue weighted by Crippen LogP contribution is -2.37. The predicted octanol–water partition coefficient (Wildman–Crippen LogP) is 1.96. The second-order valence-corrected chi connectivity index (χ2v) is 5.88. The molecule has 0 radical (unpaired) electrons. The minimum absolute atomic E-state index is 0.240. The van der Waals surface area contributed by atoms with Crippen LogP contribution in [0, 0.1) is 5.92 Å². The van der Waals surface area contributed by atoms with Gasteiger partial charge in [0, 0.05) is 19.2 Å². The fourth-order valence-electron chi connectivity index (χ4n) is 2.36. The fraction of sp³-hybridized carbons (Fsp3) is 1.00. The van der Waals surface area contributed by atoms with Crippen molar-refractivity contribution in [3.63, 3.8) is 0 Å². The third kappa shape index (κ3) is 7.88. The van der Waals surface area contributed by atoms with Crippen molar-refractivity contribution in [1.82, 2.24) is 5.32 Å². The maximum Gasteiger partial charge on any atom is 0.0897 e. The van der Waals surface area contributed by atoms with Crippen LogP contribution in [-0.2, 0) is 9.47 Å². The normalized spacial score (nSPS) is 24.3. The number of rotatable bonds is 10. The van der Waals surface area contributed by atoms with Crippen LogP contribution in [0.5, 0.6) is 0 Å². The molecule has 0 aromatic carbocycles. The van der Waals surface area contributed by atoms with Crippen LogP contribution in [0.3, 0.4) is 0 Å². The second-order valence-electron chi connectivity index (χ2n) is 5.88. The maximum atomic E-state index is 9.83. The summed E-state index contributed by atoms with van der Waals surface area (Å²) in [7, 11) is 0. The van der Waals surface area contributed by atoms with E-state index in [0.717, 1.165) is 31.8 Å². The van der Waals surface area contributed by atoms with Crippen molar-refractivity contribution in [2.24, 2.45) is 5.92 Å². The largest absolute Gasteiger partial charge is 0.389 e. The number of nitrogens with one attached hydrogen (secondary N) is 1. The van der Waals surface area contributed by atoms with Gasteiger partial charge in [-0.05, 0) is 32.1 Å². The molecule has 0 aromatic heterocycles. The van der Waals surface area contributed by atoms with Crippen molar-refractivity contribution in [1.29, 1.82) is 0 Å². The van der Waals surface area contributed by atoms with Gasteiger partial charge in [0.2, 0.25) is 0 Å². The average Bonchev–Trinajstić information content (AvgIpc) is 2.89. The van der Waals surface area contributed by atoms with Crippen LogP contribution in [0.25, 0.3) is 0 Å². The Hall–Kier alpha value is -0.160. The van der Waals surface area contributed by atoms with Gasteiger partial charge in [-0.1, -0.05) is 20.3 Å². The summed E-state index contributed by atoms with van der Waals surface area (Å²) in [5.74, 6) is 0.732. The van der Waals surface area contributed by atoms with E-state index in [4.69, 9.17) is 9.47 Å². The second kappa shape index (κ2) is 9.70. The molecule has 1 heterocycles. The van der Waals surface area contributed by atoms with E-state index in [-0.39, 0.29) is 6.10 Å². The molecule has 0 amide bonds. The number of aliphatic hydroxyl groups excluding tert-OH is 1. The quantitative estimate of drug-likeness (QED) is 0.639. The summed E-state index contributed by atoms with van der Waals surface area (Å²) in [4.78, 5) is 0. The highest BCUT2D eigenvalue weighted by Crippen LogP contribution is 2.12. The van der Waals surface area contributed by atoms with E-state index in [1.165, 1.54) is 6.42 Å². The van der Waals surface area contributed by atoms with Crippen LogP contribution in [0.1, 0.15) is 46.5 Å². The molecule has 1 aliphatic heterocycles. The lowest BCUT2D eigenvalue weighted by molar-refractivity contribution is -0.0169. The Morgan fingerprint density at radius 2 is 2.21 bits per heavy atom. The summed E-state index contributed by atoms with van der Waals surface area (Å²) in [6.07, 6.45) is 4.38. The highest BCUT2D eigenvalue weighted by atomic mass is 16.5. The fourth-order valence-corrected chi connectivity index (χ4v) is 2.36. The highest BCUT2D eigenvalue weighted by Gasteiger charge is 2.16. The first-order valence-electron chi connectivity index (χ1n) is 7.72. The van der Waals surface area contributed by atoms with Gasteiger partial charge in [-0.25, -0.2) is 0 Å². The number of hydrogen-bond donors (Lipinski definition) is 2. The van der Waals surface area contributed by atoms with Gasteiger partial charge in [0.05, 0.1) is 25.4 Å². The van der Waals surface area contributed by atoms with Gasteiger partial charge < -0.3 is 19.9 Å². The maximum absolute atomic E-state index is 9.83. The van der Waals surface area contributed by atoms with Gasteiger partial charge in [0.1, 0.15) is 0 Å². The van der Waals surface area contributed by atoms with Crippen molar-refractivity contribution >= 4 is 0 Å². The van der Waals surface area contributed by atoms with Crippen LogP contribution in [0.4, 0.5) is 0 Å². The van der Waals surface area contributed by atoms with Crippen LogP contribution in [-0.4, -0.2) is 49.7 Å². The van der Waals surface area contributed by atoms with Crippen molar-refractivity contribution in [2.75, 3.05) is 26.4 Å². The van der Waals surface area contributed by atoms with E-state index in [1.54, 1.807) is 0 Å². The molecule has 4 nitrogen and oxygen atoms in total. The number of hydrogen-bond acceptors (Lipinski definition) is 4. The molecule has 114 valence electrons. The van der Waals surface area contributed by atoms with E-state index in [1.807, 2.05) is 0 Å². The molecule has 0 bridgehead atoms. The van der Waals surface area contributed by atoms with E-state index < -0.39 is 6.10 Å². The summed E-state index contributed by atoms with van der Waals surface area (Å²) in [5.41, 5.74) is 0. The first-order chi connectivity index (χ1) is 9.11. The third-order valence-corrected chi connectivity index (χ3v) is 3.79. The molecule has 0 aromatic rings. The molecular formula is C15H31NO3. The molecule has 1 aliphatic rings. The van der Waals surface area contributed by atoms with Gasteiger partial charge >= 0.3 is 0 Å². The van der Waals surface area contributed by atoms with Crippen molar-refractivity contribution < 1.29 is 14.6 Å². The monoisotopic (exact) mass is 273 g/mol. The molecule has 4 heteroatoms. The highest BCUT2D eigenvalue weighted by molar-refractivity contribution is 4.68. The first-order valence-corrected chi connectivity index (χ1v) is 7.72. The Morgan fingerprint density at radius 3 is 2.84 bits per heavy atom. The predicted molar refractivity (Wildman–Crippen MR) is 77.3 cm³/mol. The summed E-state index contributed by atoms with van der Waals surface area (Å²) < 4.78 is 11.0. The minimum Gasteiger partial charge on any atom is -0.389 e. The standard InChI is InChI=1S/C15H31NO3/c1-4-12(2)8-13(3)16-9-14(17)10-18-11-15-6-5-7-19-15/h12-17H,4-11H2,1-3H3. The lowest BCUT2D eigenvalue weighted by atomic mass is 10.0. The van der Waals surface area contributed by atoms with Gasteiger partial charge in [0.25, 0.3) is 0 Å². The Bertz CT molecular complexity index is 219.